The molecule has 1 N–H and O–H groups in total. The minimum absolute atomic E-state index is 0.114. The van der Waals surface area contributed by atoms with Gasteiger partial charge >= 0.3 is 0 Å². The summed E-state index contributed by atoms with van der Waals surface area (Å²) in [7, 11) is -3.53. The second kappa shape index (κ2) is 10.5. The van der Waals surface area contributed by atoms with E-state index in [1.807, 2.05) is 17.9 Å². The number of piperazine rings is 1. The first kappa shape index (κ1) is 24.8. The number of nitrogens with zero attached hydrogens (tertiary/aromatic N) is 2. The van der Waals surface area contributed by atoms with Crippen molar-refractivity contribution in [3.8, 4) is 0 Å². The van der Waals surface area contributed by atoms with Crippen LogP contribution < -0.4 is 5.32 Å². The normalized spacial score (nSPS) is 19.6. The quantitative estimate of drug-likeness (QED) is 0.646. The van der Waals surface area contributed by atoms with Crippen LogP contribution in [0.25, 0.3) is 0 Å². The van der Waals surface area contributed by atoms with Crippen LogP contribution in [-0.2, 0) is 25.0 Å². The molecule has 0 radical (unpaired) electrons. The van der Waals surface area contributed by atoms with Gasteiger partial charge in [-0.3, -0.25) is 9.69 Å². The fraction of sp³-hybridized carbons (Fsp3) is 0.480. The summed E-state index contributed by atoms with van der Waals surface area (Å²) in [6.45, 7) is 5.34. The van der Waals surface area contributed by atoms with E-state index in [0.717, 1.165) is 11.1 Å². The van der Waals surface area contributed by atoms with E-state index in [0.29, 0.717) is 63.7 Å². The molecule has 2 aliphatic rings. The third-order valence-electron chi connectivity index (χ3n) is 6.87. The zero-order chi connectivity index (χ0) is 24.2. The van der Waals surface area contributed by atoms with Crippen molar-refractivity contribution >= 4 is 15.9 Å². The number of nitrogens with one attached hydrogen (secondary N) is 1. The Hall–Kier alpha value is -2.33. The van der Waals surface area contributed by atoms with E-state index in [2.05, 4.69) is 5.32 Å². The molecule has 2 fully saturated rings. The summed E-state index contributed by atoms with van der Waals surface area (Å²) < 4.78 is 46.6. The zero-order valence-electron chi connectivity index (χ0n) is 19.5. The Kier molecular flexibility index (Phi) is 7.67. The number of ether oxygens (including phenoxy) is 1. The molecular formula is C25H32FN3O4S. The summed E-state index contributed by atoms with van der Waals surface area (Å²) in [5, 5.41) is 3.04. The molecule has 4 rings (SSSR count). The lowest BCUT2D eigenvalue weighted by atomic mass is 9.74. The van der Waals surface area contributed by atoms with Gasteiger partial charge in [0.1, 0.15) is 5.82 Å². The molecule has 0 aliphatic carbocycles. The monoisotopic (exact) mass is 489 g/mol. The number of aryl methyl sites for hydroxylation is 1. The van der Waals surface area contributed by atoms with E-state index in [9.17, 15) is 17.6 Å². The Morgan fingerprint density at radius 3 is 2.38 bits per heavy atom. The molecule has 2 aliphatic heterocycles. The molecule has 2 aromatic rings. The lowest BCUT2D eigenvalue weighted by molar-refractivity contribution is -0.123. The smallest absolute Gasteiger partial charge is 0.243 e. The molecule has 2 saturated heterocycles. The van der Waals surface area contributed by atoms with E-state index in [1.165, 1.54) is 10.4 Å². The third-order valence-corrected chi connectivity index (χ3v) is 8.78. The predicted octanol–water partition coefficient (Wildman–Crippen LogP) is 2.31. The van der Waals surface area contributed by atoms with Crippen LogP contribution in [0.4, 0.5) is 4.39 Å². The van der Waals surface area contributed by atoms with Gasteiger partial charge < -0.3 is 10.1 Å². The molecule has 7 nitrogen and oxygen atoms in total. The van der Waals surface area contributed by atoms with Gasteiger partial charge in [-0.05, 0) is 49.6 Å². The molecule has 9 heteroatoms. The number of hydrogen-bond acceptors (Lipinski definition) is 5. The Balaban J connectivity index is 1.31. The van der Waals surface area contributed by atoms with Gasteiger partial charge in [0, 0.05) is 51.4 Å². The van der Waals surface area contributed by atoms with Crippen molar-refractivity contribution in [2.45, 2.75) is 30.1 Å². The highest BCUT2D eigenvalue weighted by atomic mass is 32.2. The second-order valence-corrected chi connectivity index (χ2v) is 11.1. The summed E-state index contributed by atoms with van der Waals surface area (Å²) >= 11 is 0. The molecule has 0 unspecified atom stereocenters. The summed E-state index contributed by atoms with van der Waals surface area (Å²) in [6, 6.07) is 13.4. The van der Waals surface area contributed by atoms with Crippen molar-refractivity contribution in [1.82, 2.24) is 14.5 Å². The molecule has 2 heterocycles. The lowest BCUT2D eigenvalue weighted by Crippen LogP contribution is -2.52. The summed E-state index contributed by atoms with van der Waals surface area (Å²) in [5.41, 5.74) is 1.54. The third kappa shape index (κ3) is 5.66. The topological polar surface area (TPSA) is 79.0 Å². The highest BCUT2D eigenvalue weighted by molar-refractivity contribution is 7.89. The maximum absolute atomic E-state index is 13.9. The molecule has 34 heavy (non-hydrogen) atoms. The molecule has 0 spiro atoms. The highest BCUT2D eigenvalue weighted by Crippen LogP contribution is 2.34. The molecule has 2 aromatic carbocycles. The van der Waals surface area contributed by atoms with Crippen LogP contribution in [0.3, 0.4) is 0 Å². The van der Waals surface area contributed by atoms with Gasteiger partial charge in [0.25, 0.3) is 0 Å². The number of carbonyl (C=O) groups excluding carboxylic acids is 1. The van der Waals surface area contributed by atoms with Crippen molar-refractivity contribution in [3.05, 3.63) is 65.5 Å². The Labute approximate surface area is 200 Å². The maximum atomic E-state index is 13.9. The van der Waals surface area contributed by atoms with Gasteiger partial charge in [-0.25, -0.2) is 12.8 Å². The summed E-state index contributed by atoms with van der Waals surface area (Å²) in [5.74, 6) is -0.398. The average molecular weight is 490 g/mol. The van der Waals surface area contributed by atoms with Crippen LogP contribution >= 0.6 is 0 Å². The molecule has 0 saturated carbocycles. The van der Waals surface area contributed by atoms with Crippen molar-refractivity contribution < 1.29 is 22.3 Å². The Morgan fingerprint density at radius 1 is 1.06 bits per heavy atom. The van der Waals surface area contributed by atoms with Crippen molar-refractivity contribution in [1.29, 1.82) is 0 Å². The lowest BCUT2D eigenvalue weighted by Gasteiger charge is -2.38. The van der Waals surface area contributed by atoms with Crippen LogP contribution in [0, 0.1) is 12.7 Å². The van der Waals surface area contributed by atoms with Crippen LogP contribution in [-0.4, -0.2) is 76.0 Å². The molecule has 0 aromatic heterocycles. The molecule has 0 bridgehead atoms. The van der Waals surface area contributed by atoms with Crippen LogP contribution in [0.5, 0.6) is 0 Å². The first-order valence-electron chi connectivity index (χ1n) is 11.7. The molecule has 1 amide bonds. The van der Waals surface area contributed by atoms with Crippen LogP contribution in [0.2, 0.25) is 0 Å². The van der Waals surface area contributed by atoms with Crippen molar-refractivity contribution in [3.63, 3.8) is 0 Å². The molecule has 184 valence electrons. The standard InChI is InChI=1S/C25H32FN3O4S/c1-20-5-7-23(8-6-20)34(31,32)29-13-11-28(12-14-29)18-24(30)27-19-25(9-15-33-16-10-25)21-3-2-4-22(26)17-21/h2-8,17H,9-16,18-19H2,1H3,(H,27,30). The van der Waals surface area contributed by atoms with Gasteiger partial charge in [0.15, 0.2) is 0 Å². The van der Waals surface area contributed by atoms with Gasteiger partial charge in [0.2, 0.25) is 15.9 Å². The first-order valence-corrected chi connectivity index (χ1v) is 13.1. The Morgan fingerprint density at radius 2 is 1.74 bits per heavy atom. The number of carbonyl (C=O) groups is 1. The second-order valence-electron chi connectivity index (χ2n) is 9.17. The number of hydrogen-bond donors (Lipinski definition) is 1. The van der Waals surface area contributed by atoms with Gasteiger partial charge in [-0.1, -0.05) is 29.8 Å². The fourth-order valence-electron chi connectivity index (χ4n) is 4.66. The van der Waals surface area contributed by atoms with Gasteiger partial charge in [0.05, 0.1) is 11.4 Å². The number of halogens is 1. The SMILES string of the molecule is Cc1ccc(S(=O)(=O)N2CCN(CC(=O)NCC3(c4cccc(F)c4)CCOCC3)CC2)cc1. The van der Waals surface area contributed by atoms with E-state index >= 15 is 0 Å². The van der Waals surface area contributed by atoms with E-state index in [-0.39, 0.29) is 23.7 Å². The van der Waals surface area contributed by atoms with Gasteiger partial charge in [-0.2, -0.15) is 4.31 Å². The average Bonchev–Trinajstić information content (AvgIpc) is 2.84. The van der Waals surface area contributed by atoms with E-state index in [1.54, 1.807) is 36.4 Å². The fourth-order valence-corrected chi connectivity index (χ4v) is 6.08. The minimum atomic E-state index is -3.53. The van der Waals surface area contributed by atoms with E-state index < -0.39 is 10.0 Å². The minimum Gasteiger partial charge on any atom is -0.381 e. The highest BCUT2D eigenvalue weighted by Gasteiger charge is 2.35. The largest absolute Gasteiger partial charge is 0.381 e. The van der Waals surface area contributed by atoms with Crippen molar-refractivity contribution in [2.24, 2.45) is 0 Å². The molecule has 0 atom stereocenters. The number of amides is 1. The number of sulfonamides is 1. The molecular weight excluding hydrogens is 457 g/mol. The van der Waals surface area contributed by atoms with Crippen molar-refractivity contribution in [2.75, 3.05) is 52.5 Å². The first-order chi connectivity index (χ1) is 16.3. The zero-order valence-corrected chi connectivity index (χ0v) is 20.3. The Bertz CT molecular complexity index is 1090. The number of rotatable bonds is 7. The maximum Gasteiger partial charge on any atom is 0.243 e. The van der Waals surface area contributed by atoms with E-state index in [4.69, 9.17) is 4.74 Å². The van der Waals surface area contributed by atoms with Gasteiger partial charge in [-0.15, -0.1) is 0 Å². The van der Waals surface area contributed by atoms with Crippen LogP contribution in [0.15, 0.2) is 53.4 Å². The van der Waals surface area contributed by atoms with Crippen LogP contribution in [0.1, 0.15) is 24.0 Å². The number of benzene rings is 2. The summed E-state index contributed by atoms with van der Waals surface area (Å²) in [4.78, 5) is 15.0. The summed E-state index contributed by atoms with van der Waals surface area (Å²) in [6.07, 6.45) is 1.43. The predicted molar refractivity (Wildman–Crippen MR) is 128 cm³/mol.